The van der Waals surface area contributed by atoms with Crippen LogP contribution in [-0.2, 0) is 11.3 Å². The number of hydrogen-bond donors (Lipinski definition) is 0. The number of carbonyl (C=O) groups is 1. The lowest BCUT2D eigenvalue weighted by molar-refractivity contribution is -0.135. The summed E-state index contributed by atoms with van der Waals surface area (Å²) in [4.78, 5) is 19.5. The Morgan fingerprint density at radius 3 is 2.70 bits per heavy atom. The van der Waals surface area contributed by atoms with E-state index < -0.39 is 0 Å². The summed E-state index contributed by atoms with van der Waals surface area (Å²) in [5.74, 6) is 3.36. The van der Waals surface area contributed by atoms with E-state index in [1.54, 1.807) is 0 Å². The topological polar surface area (TPSA) is 38.1 Å². The average molecular weight is 315 g/mol. The molecule has 3 aliphatic rings. The van der Waals surface area contributed by atoms with Crippen molar-refractivity contribution in [2.24, 2.45) is 11.8 Å². The standard InChI is InChI=1S/C19H29N3O/c1-14-11-20-18(16-7-8-16)22(14)13-15-9-10-21(12-15)19(23)17-5-3-2-4-6-17/h11,15-17H,2-10,12-13H2,1H3. The van der Waals surface area contributed by atoms with E-state index in [2.05, 4.69) is 21.4 Å². The highest BCUT2D eigenvalue weighted by Crippen LogP contribution is 2.40. The molecule has 2 saturated carbocycles. The van der Waals surface area contributed by atoms with Gasteiger partial charge in [-0.25, -0.2) is 4.98 Å². The Morgan fingerprint density at radius 1 is 1.17 bits per heavy atom. The highest BCUT2D eigenvalue weighted by Gasteiger charge is 2.33. The van der Waals surface area contributed by atoms with Crippen LogP contribution in [0.2, 0.25) is 0 Å². The molecule has 4 nitrogen and oxygen atoms in total. The molecule has 1 unspecified atom stereocenters. The first-order chi connectivity index (χ1) is 11.2. The number of imidazole rings is 1. The van der Waals surface area contributed by atoms with Crippen molar-refractivity contribution in [1.82, 2.24) is 14.5 Å². The number of aryl methyl sites for hydroxylation is 1. The molecule has 2 heterocycles. The van der Waals surface area contributed by atoms with Gasteiger partial charge in [0.2, 0.25) is 5.91 Å². The van der Waals surface area contributed by atoms with Crippen LogP contribution in [0, 0.1) is 18.8 Å². The van der Waals surface area contributed by atoms with E-state index in [4.69, 9.17) is 0 Å². The van der Waals surface area contributed by atoms with Crippen molar-refractivity contribution in [2.75, 3.05) is 13.1 Å². The summed E-state index contributed by atoms with van der Waals surface area (Å²) in [6, 6.07) is 0. The van der Waals surface area contributed by atoms with Crippen molar-refractivity contribution in [3.8, 4) is 0 Å². The lowest BCUT2D eigenvalue weighted by Gasteiger charge is -2.26. The summed E-state index contributed by atoms with van der Waals surface area (Å²) in [5.41, 5.74) is 1.28. The number of hydrogen-bond acceptors (Lipinski definition) is 2. The third-order valence-corrected chi connectivity index (χ3v) is 6.02. The zero-order valence-electron chi connectivity index (χ0n) is 14.3. The highest BCUT2D eigenvalue weighted by molar-refractivity contribution is 5.79. The Balaban J connectivity index is 1.37. The second kappa shape index (κ2) is 6.29. The molecule has 1 saturated heterocycles. The molecule has 0 N–H and O–H groups in total. The van der Waals surface area contributed by atoms with Crippen molar-refractivity contribution in [3.63, 3.8) is 0 Å². The molecular weight excluding hydrogens is 286 g/mol. The molecule has 1 aliphatic heterocycles. The Hall–Kier alpha value is -1.32. The molecule has 0 spiro atoms. The van der Waals surface area contributed by atoms with Crippen molar-refractivity contribution < 1.29 is 4.79 Å². The Bertz CT molecular complexity index is 569. The predicted octanol–water partition coefficient (Wildman–Crippen LogP) is 3.50. The van der Waals surface area contributed by atoms with E-state index in [1.807, 2.05) is 6.20 Å². The normalized spacial score (nSPS) is 26.0. The lowest BCUT2D eigenvalue weighted by Crippen LogP contribution is -2.35. The van der Waals surface area contributed by atoms with Crippen molar-refractivity contribution in [2.45, 2.75) is 70.8 Å². The quantitative estimate of drug-likeness (QED) is 0.853. The van der Waals surface area contributed by atoms with E-state index in [9.17, 15) is 4.79 Å². The fourth-order valence-corrected chi connectivity index (χ4v) is 4.43. The number of aromatic nitrogens is 2. The molecule has 1 atom stereocenters. The van der Waals surface area contributed by atoms with Gasteiger partial charge in [-0.2, -0.15) is 0 Å². The smallest absolute Gasteiger partial charge is 0.225 e. The molecule has 0 bridgehead atoms. The molecule has 1 amide bonds. The van der Waals surface area contributed by atoms with Crippen molar-refractivity contribution in [1.29, 1.82) is 0 Å². The van der Waals surface area contributed by atoms with Crippen LogP contribution in [0.3, 0.4) is 0 Å². The molecular formula is C19H29N3O. The van der Waals surface area contributed by atoms with Crippen molar-refractivity contribution in [3.05, 3.63) is 17.7 Å². The minimum atomic E-state index is 0.319. The number of amides is 1. The molecule has 0 aromatic carbocycles. The SMILES string of the molecule is Cc1cnc(C2CC2)n1CC1CCN(C(=O)C2CCCCC2)C1. The first-order valence-corrected chi connectivity index (χ1v) is 9.53. The number of nitrogens with zero attached hydrogens (tertiary/aromatic N) is 3. The monoisotopic (exact) mass is 315 g/mol. The maximum atomic E-state index is 12.7. The van der Waals surface area contributed by atoms with Crippen LogP contribution < -0.4 is 0 Å². The average Bonchev–Trinajstić information content (AvgIpc) is 3.21. The van der Waals surface area contributed by atoms with Crippen LogP contribution >= 0.6 is 0 Å². The molecule has 23 heavy (non-hydrogen) atoms. The van der Waals surface area contributed by atoms with Gasteiger partial charge in [-0.15, -0.1) is 0 Å². The van der Waals surface area contributed by atoms with Gasteiger partial charge in [-0.1, -0.05) is 19.3 Å². The summed E-state index contributed by atoms with van der Waals surface area (Å²) in [6.45, 7) is 5.13. The van der Waals surface area contributed by atoms with Crippen LogP contribution in [0.25, 0.3) is 0 Å². The largest absolute Gasteiger partial charge is 0.342 e. The zero-order chi connectivity index (χ0) is 15.8. The second-order valence-electron chi connectivity index (χ2n) is 7.92. The van der Waals surface area contributed by atoms with E-state index in [-0.39, 0.29) is 0 Å². The third kappa shape index (κ3) is 3.17. The number of rotatable bonds is 4. The maximum Gasteiger partial charge on any atom is 0.225 e. The first kappa shape index (κ1) is 15.2. The van der Waals surface area contributed by atoms with Gasteiger partial charge in [-0.05, 0) is 44.9 Å². The zero-order valence-corrected chi connectivity index (χ0v) is 14.3. The summed E-state index contributed by atoms with van der Waals surface area (Å²) in [7, 11) is 0. The van der Waals surface area contributed by atoms with Gasteiger partial charge in [0.05, 0.1) is 0 Å². The summed E-state index contributed by atoms with van der Waals surface area (Å²) in [5, 5.41) is 0. The van der Waals surface area contributed by atoms with Crippen LogP contribution in [0.1, 0.15) is 68.8 Å². The molecule has 0 radical (unpaired) electrons. The summed E-state index contributed by atoms with van der Waals surface area (Å²) >= 11 is 0. The van der Waals surface area contributed by atoms with Gasteiger partial charge in [-0.3, -0.25) is 4.79 Å². The molecule has 4 rings (SSSR count). The third-order valence-electron chi connectivity index (χ3n) is 6.02. The van der Waals surface area contributed by atoms with Crippen LogP contribution in [0.15, 0.2) is 6.20 Å². The lowest BCUT2D eigenvalue weighted by atomic mass is 9.88. The van der Waals surface area contributed by atoms with Crippen LogP contribution in [-0.4, -0.2) is 33.4 Å². The Morgan fingerprint density at radius 2 is 1.96 bits per heavy atom. The van der Waals surface area contributed by atoms with Gasteiger partial charge in [0.15, 0.2) is 0 Å². The molecule has 4 heteroatoms. The van der Waals surface area contributed by atoms with Gasteiger partial charge < -0.3 is 9.47 Å². The van der Waals surface area contributed by atoms with E-state index in [1.165, 1.54) is 43.6 Å². The predicted molar refractivity (Wildman–Crippen MR) is 90.2 cm³/mol. The van der Waals surface area contributed by atoms with Crippen molar-refractivity contribution >= 4 is 5.91 Å². The molecule has 3 fully saturated rings. The Kier molecular flexibility index (Phi) is 4.16. The van der Waals surface area contributed by atoms with Crippen LogP contribution in [0.5, 0.6) is 0 Å². The van der Waals surface area contributed by atoms with Gasteiger partial charge in [0.25, 0.3) is 0 Å². The van der Waals surface area contributed by atoms with Gasteiger partial charge in [0, 0.05) is 43.4 Å². The van der Waals surface area contributed by atoms with Crippen LogP contribution in [0.4, 0.5) is 0 Å². The molecule has 1 aromatic rings. The van der Waals surface area contributed by atoms with E-state index in [0.717, 1.165) is 38.9 Å². The fraction of sp³-hybridized carbons (Fsp3) is 0.789. The summed E-state index contributed by atoms with van der Waals surface area (Å²) < 4.78 is 2.43. The van der Waals surface area contributed by atoms with Gasteiger partial charge in [0.1, 0.15) is 5.82 Å². The number of carbonyl (C=O) groups excluding carboxylic acids is 1. The van der Waals surface area contributed by atoms with E-state index in [0.29, 0.717) is 23.7 Å². The van der Waals surface area contributed by atoms with Gasteiger partial charge >= 0.3 is 0 Å². The molecule has 126 valence electrons. The molecule has 2 aliphatic carbocycles. The number of likely N-dealkylation sites (tertiary alicyclic amines) is 1. The first-order valence-electron chi connectivity index (χ1n) is 9.53. The minimum Gasteiger partial charge on any atom is -0.342 e. The Labute approximate surface area is 139 Å². The fourth-order valence-electron chi connectivity index (χ4n) is 4.43. The second-order valence-corrected chi connectivity index (χ2v) is 7.92. The highest BCUT2D eigenvalue weighted by atomic mass is 16.2. The molecule has 1 aromatic heterocycles. The van der Waals surface area contributed by atoms with E-state index >= 15 is 0 Å². The minimum absolute atomic E-state index is 0.319. The summed E-state index contributed by atoms with van der Waals surface area (Å²) in [6.07, 6.45) is 11.8. The maximum absolute atomic E-state index is 12.7.